The van der Waals surface area contributed by atoms with Gasteiger partial charge in [-0.05, 0) is 30.4 Å². The number of aromatic amines is 1. The lowest BCUT2D eigenvalue weighted by Gasteiger charge is -2.40. The van der Waals surface area contributed by atoms with Crippen molar-refractivity contribution in [1.29, 1.82) is 0 Å². The Bertz CT molecular complexity index is 477. The zero-order valence-electron chi connectivity index (χ0n) is 9.71. The van der Waals surface area contributed by atoms with Crippen molar-refractivity contribution in [2.24, 2.45) is 5.41 Å². The highest BCUT2D eigenvalue weighted by molar-refractivity contribution is 9.09. The van der Waals surface area contributed by atoms with Gasteiger partial charge in [0.25, 0.3) is 0 Å². The van der Waals surface area contributed by atoms with Crippen molar-refractivity contribution >= 4 is 38.6 Å². The molecule has 1 nitrogen and oxygen atoms in total. The molecule has 1 aliphatic carbocycles. The number of thioether (sulfide) groups is 1. The van der Waals surface area contributed by atoms with Gasteiger partial charge in [-0.25, -0.2) is 0 Å². The minimum Gasteiger partial charge on any atom is -0.350 e. The maximum Gasteiger partial charge on any atom is 0.0732 e. The highest BCUT2D eigenvalue weighted by Gasteiger charge is 2.35. The summed E-state index contributed by atoms with van der Waals surface area (Å²) in [7, 11) is 0. The zero-order valence-corrected chi connectivity index (χ0v) is 12.1. The Labute approximate surface area is 114 Å². The normalized spacial score (nSPS) is 18.2. The standard InChI is InChI=1S/C14H16BrNS/c15-9-14(6-3-7-14)10-17-13-8-11-4-1-2-5-12(11)16-13/h1-2,4-5,8,16H,3,6-7,9-10H2. The minimum atomic E-state index is 0.558. The second-order valence-corrected chi connectivity index (χ2v) is 6.57. The topological polar surface area (TPSA) is 15.8 Å². The molecule has 1 N–H and O–H groups in total. The fraction of sp³-hybridized carbons (Fsp3) is 0.429. The molecule has 0 spiro atoms. The van der Waals surface area contributed by atoms with Crippen LogP contribution in [0, 0.1) is 5.41 Å². The molecule has 0 amide bonds. The van der Waals surface area contributed by atoms with E-state index in [0.29, 0.717) is 5.41 Å². The summed E-state index contributed by atoms with van der Waals surface area (Å²) in [4.78, 5) is 3.49. The third kappa shape index (κ3) is 2.27. The van der Waals surface area contributed by atoms with Crippen LogP contribution in [0.5, 0.6) is 0 Å². The molecule has 3 rings (SSSR count). The van der Waals surface area contributed by atoms with Crippen LogP contribution in [0.4, 0.5) is 0 Å². The first-order valence-electron chi connectivity index (χ1n) is 6.08. The number of benzene rings is 1. The van der Waals surface area contributed by atoms with Gasteiger partial charge in [0.05, 0.1) is 5.03 Å². The van der Waals surface area contributed by atoms with Crippen molar-refractivity contribution in [2.45, 2.75) is 24.3 Å². The van der Waals surface area contributed by atoms with Crippen LogP contribution in [0.15, 0.2) is 35.4 Å². The van der Waals surface area contributed by atoms with Crippen molar-refractivity contribution < 1.29 is 0 Å². The van der Waals surface area contributed by atoms with Crippen LogP contribution in [0.3, 0.4) is 0 Å². The van der Waals surface area contributed by atoms with Gasteiger partial charge in [0, 0.05) is 22.0 Å². The van der Waals surface area contributed by atoms with Crippen LogP contribution in [0.1, 0.15) is 19.3 Å². The van der Waals surface area contributed by atoms with E-state index in [9.17, 15) is 0 Å². The fourth-order valence-electron chi connectivity index (χ4n) is 2.35. The summed E-state index contributed by atoms with van der Waals surface area (Å²) < 4.78 is 0. The first-order chi connectivity index (χ1) is 8.31. The van der Waals surface area contributed by atoms with Gasteiger partial charge in [0.15, 0.2) is 0 Å². The van der Waals surface area contributed by atoms with Gasteiger partial charge >= 0.3 is 0 Å². The number of fused-ring (bicyclic) bond motifs is 1. The van der Waals surface area contributed by atoms with Crippen molar-refractivity contribution in [3.8, 4) is 0 Å². The van der Waals surface area contributed by atoms with E-state index in [1.165, 1.54) is 40.9 Å². The maximum absolute atomic E-state index is 3.67. The number of nitrogens with one attached hydrogen (secondary N) is 1. The second kappa shape index (κ2) is 4.69. The lowest BCUT2D eigenvalue weighted by molar-refractivity contribution is 0.206. The average Bonchev–Trinajstić information content (AvgIpc) is 2.71. The summed E-state index contributed by atoms with van der Waals surface area (Å²) in [6.45, 7) is 0. The molecule has 0 unspecified atom stereocenters. The molecule has 90 valence electrons. The molecule has 1 fully saturated rings. The third-order valence-electron chi connectivity index (χ3n) is 3.74. The molecule has 2 aromatic rings. The number of halogens is 1. The van der Waals surface area contributed by atoms with E-state index in [1.54, 1.807) is 0 Å². The molecular formula is C14H16BrNS. The molecule has 3 heteroatoms. The Hall–Kier alpha value is -0.410. The van der Waals surface area contributed by atoms with E-state index in [2.05, 4.69) is 51.2 Å². The van der Waals surface area contributed by atoms with E-state index < -0.39 is 0 Å². The minimum absolute atomic E-state index is 0.558. The Kier molecular flexibility index (Phi) is 3.22. The summed E-state index contributed by atoms with van der Waals surface area (Å²) in [6, 6.07) is 10.7. The maximum atomic E-state index is 3.67. The summed E-state index contributed by atoms with van der Waals surface area (Å²) in [6.07, 6.45) is 4.16. The van der Waals surface area contributed by atoms with Gasteiger partial charge in [0.2, 0.25) is 0 Å². The largest absolute Gasteiger partial charge is 0.350 e. The molecule has 0 atom stereocenters. The highest BCUT2D eigenvalue weighted by atomic mass is 79.9. The fourth-order valence-corrected chi connectivity index (χ4v) is 4.61. The molecule has 0 bridgehead atoms. The number of rotatable bonds is 4. The van der Waals surface area contributed by atoms with Crippen LogP contribution < -0.4 is 0 Å². The zero-order chi connectivity index (χ0) is 11.7. The first kappa shape index (κ1) is 11.7. The van der Waals surface area contributed by atoms with Crippen molar-refractivity contribution in [3.63, 3.8) is 0 Å². The van der Waals surface area contributed by atoms with E-state index in [4.69, 9.17) is 0 Å². The summed E-state index contributed by atoms with van der Waals surface area (Å²) in [5, 5.41) is 3.77. The van der Waals surface area contributed by atoms with Gasteiger partial charge in [-0.2, -0.15) is 0 Å². The van der Waals surface area contributed by atoms with Crippen LogP contribution in [0.25, 0.3) is 10.9 Å². The van der Waals surface area contributed by atoms with E-state index >= 15 is 0 Å². The molecule has 0 saturated heterocycles. The Morgan fingerprint density at radius 1 is 1.29 bits per heavy atom. The quantitative estimate of drug-likeness (QED) is 0.632. The predicted molar refractivity (Wildman–Crippen MR) is 79.1 cm³/mol. The molecule has 1 aromatic heterocycles. The summed E-state index contributed by atoms with van der Waals surface area (Å²) in [5.41, 5.74) is 1.80. The molecule has 0 radical (unpaired) electrons. The van der Waals surface area contributed by atoms with Crippen LogP contribution >= 0.6 is 27.7 Å². The van der Waals surface area contributed by atoms with E-state index in [-0.39, 0.29) is 0 Å². The molecule has 1 aromatic carbocycles. The molecule has 1 saturated carbocycles. The predicted octanol–water partition coefficient (Wildman–Crippen LogP) is 4.83. The number of aromatic nitrogens is 1. The van der Waals surface area contributed by atoms with Gasteiger partial charge in [-0.15, -0.1) is 11.8 Å². The summed E-state index contributed by atoms with van der Waals surface area (Å²) >= 11 is 5.64. The van der Waals surface area contributed by atoms with E-state index in [1.807, 2.05) is 11.8 Å². The Balaban J connectivity index is 1.72. The molecule has 1 heterocycles. The van der Waals surface area contributed by atoms with Crippen LogP contribution in [-0.4, -0.2) is 16.1 Å². The Morgan fingerprint density at radius 3 is 2.76 bits per heavy atom. The monoisotopic (exact) mass is 309 g/mol. The number of H-pyrrole nitrogens is 1. The highest BCUT2D eigenvalue weighted by Crippen LogP contribution is 2.46. The number of hydrogen-bond donors (Lipinski definition) is 1. The van der Waals surface area contributed by atoms with Crippen LogP contribution in [-0.2, 0) is 0 Å². The number of alkyl halides is 1. The summed E-state index contributed by atoms with van der Waals surface area (Å²) in [5.74, 6) is 1.23. The lowest BCUT2D eigenvalue weighted by atomic mass is 9.72. The van der Waals surface area contributed by atoms with Gasteiger partial charge in [-0.1, -0.05) is 40.5 Å². The third-order valence-corrected chi connectivity index (χ3v) is 6.21. The smallest absolute Gasteiger partial charge is 0.0732 e. The van der Waals surface area contributed by atoms with Gasteiger partial charge < -0.3 is 4.98 Å². The Morgan fingerprint density at radius 2 is 2.12 bits per heavy atom. The van der Waals surface area contributed by atoms with Gasteiger partial charge in [0.1, 0.15) is 0 Å². The number of hydrogen-bond acceptors (Lipinski definition) is 1. The number of para-hydroxylation sites is 1. The van der Waals surface area contributed by atoms with Crippen molar-refractivity contribution in [2.75, 3.05) is 11.1 Å². The van der Waals surface area contributed by atoms with Gasteiger partial charge in [-0.3, -0.25) is 0 Å². The molecular weight excluding hydrogens is 294 g/mol. The second-order valence-electron chi connectivity index (χ2n) is 5.00. The SMILES string of the molecule is BrCC1(CSc2cc3ccccc3[nH]2)CCC1. The van der Waals surface area contributed by atoms with Crippen molar-refractivity contribution in [3.05, 3.63) is 30.3 Å². The van der Waals surface area contributed by atoms with E-state index in [0.717, 1.165) is 5.33 Å². The molecule has 1 aliphatic rings. The molecule has 0 aliphatic heterocycles. The van der Waals surface area contributed by atoms with Crippen LogP contribution in [0.2, 0.25) is 0 Å². The molecule has 17 heavy (non-hydrogen) atoms. The lowest BCUT2D eigenvalue weighted by Crippen LogP contribution is -2.33. The average molecular weight is 310 g/mol. The first-order valence-corrected chi connectivity index (χ1v) is 8.19. The van der Waals surface area contributed by atoms with Crippen molar-refractivity contribution in [1.82, 2.24) is 4.98 Å².